The van der Waals surface area contributed by atoms with Crippen LogP contribution in [0.4, 0.5) is 0 Å². The van der Waals surface area contributed by atoms with Crippen LogP contribution in [0.1, 0.15) is 30.5 Å². The fourth-order valence-electron chi connectivity index (χ4n) is 3.34. The van der Waals surface area contributed by atoms with Gasteiger partial charge in [-0.15, -0.1) is 0 Å². The summed E-state index contributed by atoms with van der Waals surface area (Å²) in [4.78, 5) is 23.1. The molecule has 0 bridgehead atoms. The van der Waals surface area contributed by atoms with Crippen LogP contribution in [0.25, 0.3) is 16.5 Å². The van der Waals surface area contributed by atoms with Crippen LogP contribution in [0.15, 0.2) is 29.8 Å². The summed E-state index contributed by atoms with van der Waals surface area (Å²) in [5, 5.41) is 19.7. The number of aliphatic carboxylic acids is 2. The molecule has 108 valence electrons. The number of carbonyl (C=O) groups is 2. The van der Waals surface area contributed by atoms with Gasteiger partial charge < -0.3 is 14.8 Å². The molecule has 3 rings (SSSR count). The number of hydrogen-bond donors (Lipinski definition) is 2. The second kappa shape index (κ2) is 4.48. The summed E-state index contributed by atoms with van der Waals surface area (Å²) >= 11 is 0. The summed E-state index contributed by atoms with van der Waals surface area (Å²) in [7, 11) is 1.89. The Bertz CT molecular complexity index is 813. The van der Waals surface area contributed by atoms with Crippen LogP contribution < -0.4 is 0 Å². The van der Waals surface area contributed by atoms with Crippen LogP contribution >= 0.6 is 0 Å². The molecule has 0 saturated carbocycles. The second-order valence-corrected chi connectivity index (χ2v) is 5.41. The third-order valence-electron chi connectivity index (χ3n) is 4.15. The molecule has 1 aromatic carbocycles. The van der Waals surface area contributed by atoms with Crippen molar-refractivity contribution in [1.82, 2.24) is 4.57 Å². The highest BCUT2D eigenvalue weighted by molar-refractivity contribution is 6.25. The van der Waals surface area contributed by atoms with Gasteiger partial charge in [0.25, 0.3) is 0 Å². The Balaban J connectivity index is 2.49. The average molecular weight is 285 g/mol. The number of benzene rings is 1. The van der Waals surface area contributed by atoms with Gasteiger partial charge in [-0.1, -0.05) is 25.1 Å². The van der Waals surface area contributed by atoms with Crippen LogP contribution in [0.3, 0.4) is 0 Å². The zero-order valence-electron chi connectivity index (χ0n) is 11.8. The Morgan fingerprint density at radius 2 is 1.86 bits per heavy atom. The molecule has 1 unspecified atom stereocenters. The Morgan fingerprint density at radius 1 is 1.19 bits per heavy atom. The van der Waals surface area contributed by atoms with Crippen molar-refractivity contribution in [3.8, 4) is 0 Å². The van der Waals surface area contributed by atoms with Gasteiger partial charge in [0.05, 0.1) is 11.1 Å². The third-order valence-corrected chi connectivity index (χ3v) is 4.15. The number of hydrogen-bond acceptors (Lipinski definition) is 2. The van der Waals surface area contributed by atoms with Crippen molar-refractivity contribution in [2.75, 3.05) is 0 Å². The third kappa shape index (κ3) is 1.77. The van der Waals surface area contributed by atoms with Gasteiger partial charge in [-0.3, -0.25) is 0 Å². The molecule has 5 heteroatoms. The molecule has 2 N–H and O–H groups in total. The minimum Gasteiger partial charge on any atom is -0.478 e. The lowest BCUT2D eigenvalue weighted by Gasteiger charge is -2.23. The van der Waals surface area contributed by atoms with E-state index in [4.69, 9.17) is 0 Å². The lowest BCUT2D eigenvalue weighted by molar-refractivity contribution is -0.134. The largest absolute Gasteiger partial charge is 0.478 e. The van der Waals surface area contributed by atoms with Gasteiger partial charge in [0.15, 0.2) is 0 Å². The Kier molecular flexibility index (Phi) is 2.86. The number of rotatable bonds is 2. The minimum absolute atomic E-state index is 0.0150. The normalized spacial score (nSPS) is 17.9. The summed E-state index contributed by atoms with van der Waals surface area (Å²) in [5.41, 5.74) is 2.27. The van der Waals surface area contributed by atoms with Crippen molar-refractivity contribution in [3.05, 3.63) is 41.1 Å². The smallest absolute Gasteiger partial charge is 0.336 e. The van der Waals surface area contributed by atoms with Gasteiger partial charge in [-0.2, -0.15) is 0 Å². The molecule has 0 radical (unpaired) electrons. The van der Waals surface area contributed by atoms with E-state index in [1.165, 1.54) is 0 Å². The van der Waals surface area contributed by atoms with Gasteiger partial charge >= 0.3 is 11.9 Å². The predicted octanol–water partition coefficient (Wildman–Crippen LogP) is 2.61. The monoisotopic (exact) mass is 285 g/mol. The molecule has 1 atom stereocenters. The van der Waals surface area contributed by atoms with E-state index in [1.807, 2.05) is 42.8 Å². The zero-order chi connectivity index (χ0) is 15.3. The van der Waals surface area contributed by atoms with Crippen LogP contribution in [0.5, 0.6) is 0 Å². The fourth-order valence-corrected chi connectivity index (χ4v) is 3.34. The van der Waals surface area contributed by atoms with Gasteiger partial charge in [-0.25, -0.2) is 9.59 Å². The molecule has 21 heavy (non-hydrogen) atoms. The van der Waals surface area contributed by atoms with Gasteiger partial charge in [0.1, 0.15) is 0 Å². The number of carboxylic acids is 2. The van der Waals surface area contributed by atoms with E-state index in [-0.39, 0.29) is 23.5 Å². The molecule has 1 heterocycles. The van der Waals surface area contributed by atoms with Crippen molar-refractivity contribution in [1.29, 1.82) is 0 Å². The Morgan fingerprint density at radius 3 is 2.48 bits per heavy atom. The maximum absolute atomic E-state index is 11.7. The summed E-state index contributed by atoms with van der Waals surface area (Å²) in [6, 6.07) is 7.48. The molecular formula is C16H15NO4. The second-order valence-electron chi connectivity index (χ2n) is 5.41. The first-order chi connectivity index (χ1) is 9.93. The summed E-state index contributed by atoms with van der Waals surface area (Å²) in [6.45, 7) is 1.93. The first-order valence-corrected chi connectivity index (χ1v) is 6.71. The summed E-state index contributed by atoms with van der Waals surface area (Å²) in [6.07, 6.45) is 0.230. The molecule has 2 aromatic rings. The van der Waals surface area contributed by atoms with Gasteiger partial charge in [0.2, 0.25) is 0 Å². The SMILES string of the molecule is CC1CC(C(=O)O)=C(C(=O)O)c2c1n(C)c1ccccc21. The molecule has 1 aliphatic carbocycles. The van der Waals surface area contributed by atoms with Crippen LogP contribution in [-0.4, -0.2) is 26.7 Å². The van der Waals surface area contributed by atoms with E-state index in [0.717, 1.165) is 16.6 Å². The van der Waals surface area contributed by atoms with Crippen molar-refractivity contribution in [2.24, 2.45) is 7.05 Å². The maximum Gasteiger partial charge on any atom is 0.336 e. The highest BCUT2D eigenvalue weighted by atomic mass is 16.4. The topological polar surface area (TPSA) is 79.5 Å². The quantitative estimate of drug-likeness (QED) is 0.889. The highest BCUT2D eigenvalue weighted by Crippen LogP contribution is 2.43. The number of carboxylic acid groups (broad SMARTS) is 2. The predicted molar refractivity (Wildman–Crippen MR) is 78.1 cm³/mol. The molecule has 5 nitrogen and oxygen atoms in total. The van der Waals surface area contributed by atoms with E-state index >= 15 is 0 Å². The summed E-state index contributed by atoms with van der Waals surface area (Å²) < 4.78 is 1.97. The molecule has 1 aliphatic rings. The number of aryl methyl sites for hydroxylation is 1. The fraction of sp³-hybridized carbons (Fsp3) is 0.250. The van der Waals surface area contributed by atoms with Crippen LogP contribution in [0, 0.1) is 0 Å². The molecule has 1 aromatic heterocycles. The summed E-state index contributed by atoms with van der Waals surface area (Å²) in [5.74, 6) is -2.37. The van der Waals surface area contributed by atoms with E-state index in [2.05, 4.69) is 0 Å². The van der Waals surface area contributed by atoms with E-state index < -0.39 is 11.9 Å². The Labute approximate surface area is 121 Å². The molecule has 0 spiro atoms. The van der Waals surface area contributed by atoms with Crippen molar-refractivity contribution in [2.45, 2.75) is 19.3 Å². The van der Waals surface area contributed by atoms with Crippen LogP contribution in [0.2, 0.25) is 0 Å². The first-order valence-electron chi connectivity index (χ1n) is 6.71. The number of aromatic nitrogens is 1. The average Bonchev–Trinajstić information content (AvgIpc) is 2.73. The van der Waals surface area contributed by atoms with Gasteiger partial charge in [0, 0.05) is 35.1 Å². The van der Waals surface area contributed by atoms with E-state index in [9.17, 15) is 19.8 Å². The zero-order valence-corrected chi connectivity index (χ0v) is 11.8. The standard InChI is InChI=1S/C16H15NO4/c1-8-7-10(15(18)19)13(16(20)21)12-9-5-3-4-6-11(9)17(2)14(8)12/h3-6,8H,7H2,1-2H3,(H,18,19)(H,20,21). The molecule has 0 fully saturated rings. The van der Waals surface area contributed by atoms with Crippen LogP contribution in [-0.2, 0) is 16.6 Å². The number of nitrogens with zero attached hydrogens (tertiary/aromatic N) is 1. The molecule has 0 saturated heterocycles. The maximum atomic E-state index is 11.7. The van der Waals surface area contributed by atoms with Crippen molar-refractivity contribution >= 4 is 28.4 Å². The highest BCUT2D eigenvalue weighted by Gasteiger charge is 2.35. The molecular weight excluding hydrogens is 270 g/mol. The van der Waals surface area contributed by atoms with Gasteiger partial charge in [-0.05, 0) is 12.5 Å². The Hall–Kier alpha value is -2.56. The number of fused-ring (bicyclic) bond motifs is 3. The lowest BCUT2D eigenvalue weighted by Crippen LogP contribution is -2.19. The van der Waals surface area contributed by atoms with Crippen molar-refractivity contribution < 1.29 is 19.8 Å². The number of para-hydroxylation sites is 1. The first kappa shape index (κ1) is 13.4. The van der Waals surface area contributed by atoms with E-state index in [0.29, 0.717) is 5.56 Å². The lowest BCUT2D eigenvalue weighted by atomic mass is 9.82. The van der Waals surface area contributed by atoms with E-state index in [1.54, 1.807) is 0 Å². The minimum atomic E-state index is -1.18. The van der Waals surface area contributed by atoms with Crippen molar-refractivity contribution in [3.63, 3.8) is 0 Å². The molecule has 0 amide bonds. The molecule has 0 aliphatic heterocycles.